The fourth-order valence-corrected chi connectivity index (χ4v) is 3.36. The number of hydrogen-bond acceptors (Lipinski definition) is 2. The van der Waals surface area contributed by atoms with Gasteiger partial charge in [0, 0.05) is 5.56 Å². The first-order valence-corrected chi connectivity index (χ1v) is 8.49. The van der Waals surface area contributed by atoms with Gasteiger partial charge in [-0.15, -0.1) is 0 Å². The molecule has 0 unspecified atom stereocenters. The van der Waals surface area contributed by atoms with E-state index in [1.54, 1.807) is 30.3 Å². The monoisotopic (exact) mass is 340 g/mol. The van der Waals surface area contributed by atoms with Crippen LogP contribution in [0.5, 0.6) is 0 Å². The molecule has 3 rings (SSSR count). The molecule has 3 N–H and O–H groups in total. The standard InChI is InChI=1S/C20H21FN2O2/c21-17-6-4-5-16(13-17)14-7-9-15(10-8-14)18(24)23-20(19(22)25)11-2-1-3-12-20/h4-10,13H,1-3,11-12H2,(H2,22,25)(H,23,24). The van der Waals surface area contributed by atoms with Gasteiger partial charge in [0.05, 0.1) is 0 Å². The van der Waals surface area contributed by atoms with Crippen LogP contribution in [0.4, 0.5) is 4.39 Å². The van der Waals surface area contributed by atoms with Crippen molar-refractivity contribution in [2.75, 3.05) is 0 Å². The molecular weight excluding hydrogens is 319 g/mol. The van der Waals surface area contributed by atoms with Gasteiger partial charge >= 0.3 is 0 Å². The van der Waals surface area contributed by atoms with Crippen LogP contribution in [0.1, 0.15) is 42.5 Å². The van der Waals surface area contributed by atoms with Crippen molar-refractivity contribution in [3.8, 4) is 11.1 Å². The van der Waals surface area contributed by atoms with Gasteiger partial charge in [-0.25, -0.2) is 4.39 Å². The van der Waals surface area contributed by atoms with Gasteiger partial charge in [-0.2, -0.15) is 0 Å². The molecule has 0 atom stereocenters. The minimum absolute atomic E-state index is 0.306. The Labute approximate surface area is 146 Å². The van der Waals surface area contributed by atoms with Gasteiger partial charge in [0.1, 0.15) is 11.4 Å². The molecule has 2 aromatic carbocycles. The van der Waals surface area contributed by atoms with Crippen LogP contribution in [0.25, 0.3) is 11.1 Å². The Morgan fingerprint density at radius 2 is 1.64 bits per heavy atom. The lowest BCUT2D eigenvalue weighted by molar-refractivity contribution is -0.125. The molecule has 2 aromatic rings. The van der Waals surface area contributed by atoms with Crippen LogP contribution in [0.3, 0.4) is 0 Å². The second-order valence-corrected chi connectivity index (χ2v) is 6.55. The van der Waals surface area contributed by atoms with Crippen LogP contribution in [0, 0.1) is 5.82 Å². The number of carbonyl (C=O) groups is 2. The zero-order chi connectivity index (χ0) is 17.9. The highest BCUT2D eigenvalue weighted by Gasteiger charge is 2.39. The fourth-order valence-electron chi connectivity index (χ4n) is 3.36. The molecule has 4 nitrogen and oxygen atoms in total. The second kappa shape index (κ2) is 7.05. The molecule has 0 saturated heterocycles. The topological polar surface area (TPSA) is 72.2 Å². The van der Waals surface area contributed by atoms with Gasteiger partial charge in [0.2, 0.25) is 5.91 Å². The van der Waals surface area contributed by atoms with Crippen molar-refractivity contribution < 1.29 is 14.0 Å². The first kappa shape index (κ1) is 17.1. The smallest absolute Gasteiger partial charge is 0.252 e. The number of nitrogens with two attached hydrogens (primary N) is 1. The lowest BCUT2D eigenvalue weighted by Crippen LogP contribution is -2.58. The normalized spacial score (nSPS) is 16.2. The molecule has 0 radical (unpaired) electrons. The van der Waals surface area contributed by atoms with Gasteiger partial charge in [0.25, 0.3) is 5.91 Å². The van der Waals surface area contributed by atoms with E-state index in [4.69, 9.17) is 5.73 Å². The van der Waals surface area contributed by atoms with Crippen LogP contribution in [-0.2, 0) is 4.79 Å². The van der Waals surface area contributed by atoms with Crippen molar-refractivity contribution in [1.82, 2.24) is 5.32 Å². The molecule has 0 aliphatic heterocycles. The van der Waals surface area contributed by atoms with E-state index < -0.39 is 11.4 Å². The number of halogens is 1. The number of carbonyl (C=O) groups excluding carboxylic acids is 2. The van der Waals surface area contributed by atoms with Crippen LogP contribution in [0.15, 0.2) is 48.5 Å². The number of nitrogens with one attached hydrogen (secondary N) is 1. The van der Waals surface area contributed by atoms with E-state index >= 15 is 0 Å². The average Bonchev–Trinajstić information content (AvgIpc) is 2.62. The van der Waals surface area contributed by atoms with Crippen molar-refractivity contribution in [3.63, 3.8) is 0 Å². The van der Waals surface area contributed by atoms with E-state index in [2.05, 4.69) is 5.32 Å². The summed E-state index contributed by atoms with van der Waals surface area (Å²) in [6.07, 6.45) is 3.96. The first-order valence-electron chi connectivity index (χ1n) is 8.49. The Kier molecular flexibility index (Phi) is 4.83. The number of primary amides is 1. The highest BCUT2D eigenvalue weighted by molar-refractivity contribution is 5.99. The third-order valence-corrected chi connectivity index (χ3v) is 4.84. The number of amides is 2. The second-order valence-electron chi connectivity index (χ2n) is 6.55. The summed E-state index contributed by atoms with van der Waals surface area (Å²) in [7, 11) is 0. The molecule has 1 fully saturated rings. The Bertz CT molecular complexity index is 781. The molecule has 1 aliphatic carbocycles. The van der Waals surface area contributed by atoms with Gasteiger partial charge in [0.15, 0.2) is 0 Å². The Balaban J connectivity index is 1.77. The maximum Gasteiger partial charge on any atom is 0.252 e. The van der Waals surface area contributed by atoms with E-state index in [-0.39, 0.29) is 11.7 Å². The van der Waals surface area contributed by atoms with Crippen LogP contribution < -0.4 is 11.1 Å². The molecule has 0 aromatic heterocycles. The maximum absolute atomic E-state index is 13.3. The van der Waals surface area contributed by atoms with Crippen molar-refractivity contribution in [1.29, 1.82) is 0 Å². The van der Waals surface area contributed by atoms with Gasteiger partial charge in [-0.3, -0.25) is 9.59 Å². The van der Waals surface area contributed by atoms with Crippen molar-refractivity contribution in [2.45, 2.75) is 37.6 Å². The molecule has 0 spiro atoms. The summed E-state index contributed by atoms with van der Waals surface area (Å²) in [6.45, 7) is 0. The molecule has 5 heteroatoms. The molecular formula is C20H21FN2O2. The zero-order valence-electron chi connectivity index (χ0n) is 13.9. The van der Waals surface area contributed by atoms with E-state index in [0.717, 1.165) is 30.4 Å². The van der Waals surface area contributed by atoms with E-state index in [9.17, 15) is 14.0 Å². The lowest BCUT2D eigenvalue weighted by Gasteiger charge is -2.35. The van der Waals surface area contributed by atoms with E-state index in [1.165, 1.54) is 12.1 Å². The minimum Gasteiger partial charge on any atom is -0.368 e. The molecule has 25 heavy (non-hydrogen) atoms. The highest BCUT2D eigenvalue weighted by Crippen LogP contribution is 2.28. The van der Waals surface area contributed by atoms with Gasteiger partial charge in [-0.1, -0.05) is 43.5 Å². The molecule has 1 aliphatic rings. The summed E-state index contributed by atoms with van der Waals surface area (Å²) in [4.78, 5) is 24.4. The summed E-state index contributed by atoms with van der Waals surface area (Å²) in [5, 5.41) is 2.84. The zero-order valence-corrected chi connectivity index (χ0v) is 13.9. The number of benzene rings is 2. The van der Waals surface area contributed by atoms with Gasteiger partial charge < -0.3 is 11.1 Å². The molecule has 1 saturated carbocycles. The molecule has 0 heterocycles. The summed E-state index contributed by atoms with van der Waals surface area (Å²) >= 11 is 0. The first-order chi connectivity index (χ1) is 12.0. The summed E-state index contributed by atoms with van der Waals surface area (Å²) in [6, 6.07) is 13.2. The van der Waals surface area contributed by atoms with Crippen LogP contribution in [0.2, 0.25) is 0 Å². The quantitative estimate of drug-likeness (QED) is 0.895. The summed E-state index contributed by atoms with van der Waals surface area (Å²) in [5.41, 5.74) is 6.62. The number of rotatable bonds is 4. The average molecular weight is 340 g/mol. The van der Waals surface area contributed by atoms with Crippen molar-refractivity contribution in [2.24, 2.45) is 5.73 Å². The highest BCUT2D eigenvalue weighted by atomic mass is 19.1. The lowest BCUT2D eigenvalue weighted by atomic mass is 9.81. The number of hydrogen-bond donors (Lipinski definition) is 2. The largest absolute Gasteiger partial charge is 0.368 e. The van der Waals surface area contributed by atoms with Crippen molar-refractivity contribution >= 4 is 11.8 Å². The molecule has 0 bridgehead atoms. The summed E-state index contributed by atoms with van der Waals surface area (Å²) in [5.74, 6) is -1.09. The maximum atomic E-state index is 13.3. The molecule has 130 valence electrons. The van der Waals surface area contributed by atoms with Crippen LogP contribution >= 0.6 is 0 Å². The minimum atomic E-state index is -0.948. The fraction of sp³-hybridized carbons (Fsp3) is 0.300. The van der Waals surface area contributed by atoms with E-state index in [0.29, 0.717) is 18.4 Å². The third kappa shape index (κ3) is 3.71. The molecule has 2 amide bonds. The SMILES string of the molecule is NC(=O)C1(NC(=O)c2ccc(-c3cccc(F)c3)cc2)CCCCC1. The van der Waals surface area contributed by atoms with Crippen molar-refractivity contribution in [3.05, 3.63) is 59.9 Å². The Morgan fingerprint density at radius 1 is 0.960 bits per heavy atom. The van der Waals surface area contributed by atoms with Gasteiger partial charge in [-0.05, 0) is 48.2 Å². The predicted octanol–water partition coefficient (Wildman–Crippen LogP) is 3.41. The Morgan fingerprint density at radius 3 is 2.24 bits per heavy atom. The Hall–Kier alpha value is -2.69. The third-order valence-electron chi connectivity index (χ3n) is 4.84. The van der Waals surface area contributed by atoms with Crippen LogP contribution in [-0.4, -0.2) is 17.4 Å². The predicted molar refractivity (Wildman–Crippen MR) is 94.3 cm³/mol. The summed E-state index contributed by atoms with van der Waals surface area (Å²) < 4.78 is 13.3. The van der Waals surface area contributed by atoms with E-state index in [1.807, 2.05) is 6.07 Å².